The topological polar surface area (TPSA) is 42.5 Å². The number of thiazole rings is 1. The minimum absolute atomic E-state index is 0.577. The fraction of sp³-hybridized carbons (Fsp3) is 0.150. The second-order valence-corrected chi connectivity index (χ2v) is 7.56. The number of nitrogens with zero attached hydrogens (tertiary/aromatic N) is 4. The van der Waals surface area contributed by atoms with Crippen LogP contribution >= 0.6 is 27.3 Å². The summed E-state index contributed by atoms with van der Waals surface area (Å²) in [6.07, 6.45) is 1.77. The van der Waals surface area contributed by atoms with Gasteiger partial charge in [0.2, 0.25) is 4.80 Å². The molecule has 0 saturated heterocycles. The highest BCUT2D eigenvalue weighted by molar-refractivity contribution is 9.10. The first-order valence-corrected chi connectivity index (χ1v) is 9.81. The molecule has 0 bridgehead atoms. The normalized spacial score (nSPS) is 12.4. The molecule has 0 unspecified atom stereocenters. The lowest BCUT2D eigenvalue weighted by molar-refractivity contribution is 0.829. The highest BCUT2D eigenvalue weighted by atomic mass is 79.9. The van der Waals surface area contributed by atoms with Crippen LogP contribution in [0.25, 0.3) is 11.3 Å². The molecule has 0 N–H and O–H groups in total. The number of hydrogen-bond donors (Lipinski definition) is 0. The Bertz CT molecular complexity index is 1020. The summed E-state index contributed by atoms with van der Waals surface area (Å²) < 4.78 is 2.90. The summed E-state index contributed by atoms with van der Waals surface area (Å²) in [5, 5.41) is 6.90. The molecule has 0 aliphatic carbocycles. The Hall–Kier alpha value is -2.31. The van der Waals surface area contributed by atoms with Gasteiger partial charge in [0, 0.05) is 21.6 Å². The molecule has 26 heavy (non-hydrogen) atoms. The molecule has 2 heterocycles. The average molecular weight is 427 g/mol. The largest absolute Gasteiger partial charge is 0.255 e. The van der Waals surface area contributed by atoms with Crippen LogP contribution in [0.4, 0.5) is 0 Å². The highest BCUT2D eigenvalue weighted by Crippen LogP contribution is 2.28. The van der Waals surface area contributed by atoms with Gasteiger partial charge in [-0.3, -0.25) is 9.98 Å². The molecule has 0 spiro atoms. The molecule has 132 valence electrons. The van der Waals surface area contributed by atoms with Gasteiger partial charge in [0.25, 0.3) is 0 Å². The van der Waals surface area contributed by atoms with Crippen molar-refractivity contribution in [2.24, 2.45) is 10.1 Å². The van der Waals surface area contributed by atoms with E-state index in [4.69, 9.17) is 5.10 Å². The molecule has 4 nitrogen and oxygen atoms in total. The summed E-state index contributed by atoms with van der Waals surface area (Å²) >= 11 is 5.20. The van der Waals surface area contributed by atoms with Crippen molar-refractivity contribution < 1.29 is 0 Å². The lowest BCUT2D eigenvalue weighted by atomic mass is 10.2. The van der Waals surface area contributed by atoms with Crippen molar-refractivity contribution in [3.05, 3.63) is 81.2 Å². The van der Waals surface area contributed by atoms with E-state index in [-0.39, 0.29) is 0 Å². The van der Waals surface area contributed by atoms with Crippen LogP contribution in [-0.4, -0.2) is 21.9 Å². The maximum atomic E-state index is 4.82. The number of benzene rings is 1. The van der Waals surface area contributed by atoms with Gasteiger partial charge in [0.1, 0.15) is 0 Å². The molecule has 2 aromatic heterocycles. The molecule has 3 aromatic rings. The molecule has 0 saturated carbocycles. The number of rotatable bonds is 5. The summed E-state index contributed by atoms with van der Waals surface area (Å²) in [6.45, 7) is 8.44. The van der Waals surface area contributed by atoms with Crippen molar-refractivity contribution in [1.29, 1.82) is 0 Å². The highest BCUT2D eigenvalue weighted by Gasteiger charge is 2.11. The van der Waals surface area contributed by atoms with Crippen molar-refractivity contribution in [3.8, 4) is 11.3 Å². The Morgan fingerprint density at radius 2 is 1.96 bits per heavy atom. The first-order valence-electron chi connectivity index (χ1n) is 8.13. The average Bonchev–Trinajstić information content (AvgIpc) is 3.03. The van der Waals surface area contributed by atoms with E-state index in [0.29, 0.717) is 6.54 Å². The number of pyridine rings is 1. The van der Waals surface area contributed by atoms with Crippen molar-refractivity contribution in [2.45, 2.75) is 13.8 Å². The van der Waals surface area contributed by atoms with Crippen LogP contribution in [0, 0.1) is 0 Å². The smallest absolute Gasteiger partial charge is 0.206 e. The number of aromatic nitrogens is 2. The van der Waals surface area contributed by atoms with Crippen LogP contribution < -0.4 is 4.80 Å². The molecular formula is C20H19BrN4S. The van der Waals surface area contributed by atoms with Gasteiger partial charge in [-0.2, -0.15) is 5.10 Å². The van der Waals surface area contributed by atoms with E-state index in [0.717, 1.165) is 37.5 Å². The van der Waals surface area contributed by atoms with Crippen molar-refractivity contribution in [3.63, 3.8) is 0 Å². The predicted molar refractivity (Wildman–Crippen MR) is 113 cm³/mol. The van der Waals surface area contributed by atoms with Gasteiger partial charge in [-0.1, -0.05) is 52.3 Å². The first kappa shape index (κ1) is 18.5. The summed E-state index contributed by atoms with van der Waals surface area (Å²) in [5.41, 5.74) is 4.73. The molecule has 0 aliphatic rings. The van der Waals surface area contributed by atoms with Crippen molar-refractivity contribution >= 4 is 33.0 Å². The fourth-order valence-electron chi connectivity index (χ4n) is 2.34. The maximum Gasteiger partial charge on any atom is 0.206 e. The molecule has 0 amide bonds. The van der Waals surface area contributed by atoms with Crippen LogP contribution in [0.3, 0.4) is 0 Å². The van der Waals surface area contributed by atoms with E-state index < -0.39 is 0 Å². The van der Waals surface area contributed by atoms with E-state index in [9.17, 15) is 0 Å². The summed E-state index contributed by atoms with van der Waals surface area (Å²) in [7, 11) is 0. The first-order chi connectivity index (χ1) is 12.6. The number of halogens is 1. The standard InChI is InChI=1S/C20H19BrN4S/c1-14(2)12-23-20-25(24-15(3)18-10-6-7-11-22-18)19(13-26-20)16-8-4-5-9-17(16)21/h4-11,13H,1,12H2,2-3H3. The lowest BCUT2D eigenvalue weighted by Gasteiger charge is -2.07. The van der Waals surface area contributed by atoms with Gasteiger partial charge in [-0.25, -0.2) is 4.68 Å². The second-order valence-electron chi connectivity index (χ2n) is 5.87. The van der Waals surface area contributed by atoms with E-state index >= 15 is 0 Å². The summed E-state index contributed by atoms with van der Waals surface area (Å²) in [6, 6.07) is 13.9. The van der Waals surface area contributed by atoms with Gasteiger partial charge in [0.05, 0.1) is 23.6 Å². The Labute approximate surface area is 165 Å². The molecule has 0 aliphatic heterocycles. The number of hydrogen-bond acceptors (Lipinski definition) is 4. The molecule has 0 atom stereocenters. The Balaban J connectivity index is 2.17. The zero-order valence-corrected chi connectivity index (χ0v) is 17.1. The third kappa shape index (κ3) is 4.26. The Kier molecular flexibility index (Phi) is 5.96. The monoisotopic (exact) mass is 426 g/mol. The molecule has 0 fully saturated rings. The van der Waals surface area contributed by atoms with Gasteiger partial charge in [-0.15, -0.1) is 11.3 Å². The molecule has 6 heteroatoms. The Morgan fingerprint density at radius 3 is 2.65 bits per heavy atom. The van der Waals surface area contributed by atoms with Gasteiger partial charge >= 0.3 is 0 Å². The molecule has 1 aromatic carbocycles. The van der Waals surface area contributed by atoms with Gasteiger partial charge in [-0.05, 0) is 32.0 Å². The van der Waals surface area contributed by atoms with Gasteiger partial charge in [0.15, 0.2) is 0 Å². The minimum atomic E-state index is 0.577. The van der Waals surface area contributed by atoms with Crippen LogP contribution in [0.5, 0.6) is 0 Å². The van der Waals surface area contributed by atoms with Crippen LogP contribution in [0.1, 0.15) is 19.5 Å². The lowest BCUT2D eigenvalue weighted by Crippen LogP contribution is -2.15. The van der Waals surface area contributed by atoms with Crippen molar-refractivity contribution in [1.82, 2.24) is 9.66 Å². The van der Waals surface area contributed by atoms with Crippen LogP contribution in [0.2, 0.25) is 0 Å². The predicted octanol–water partition coefficient (Wildman–Crippen LogP) is 5.12. The van der Waals surface area contributed by atoms with Crippen LogP contribution in [-0.2, 0) is 0 Å². The Morgan fingerprint density at radius 1 is 1.19 bits per heavy atom. The molecule has 0 radical (unpaired) electrons. The second kappa shape index (κ2) is 8.38. The third-order valence-corrected chi connectivity index (χ3v) is 5.15. The van der Waals surface area contributed by atoms with E-state index in [1.165, 1.54) is 0 Å². The third-order valence-electron chi connectivity index (χ3n) is 3.60. The quantitative estimate of drug-likeness (QED) is 0.412. The summed E-state index contributed by atoms with van der Waals surface area (Å²) in [4.78, 5) is 9.88. The minimum Gasteiger partial charge on any atom is -0.255 e. The van der Waals surface area contributed by atoms with Crippen molar-refractivity contribution in [2.75, 3.05) is 6.54 Å². The van der Waals surface area contributed by atoms with Crippen LogP contribution in [0.15, 0.2) is 80.8 Å². The summed E-state index contributed by atoms with van der Waals surface area (Å²) in [5.74, 6) is 0. The fourth-order valence-corrected chi connectivity index (χ4v) is 3.65. The van der Waals surface area contributed by atoms with E-state index in [1.54, 1.807) is 17.5 Å². The SMILES string of the molecule is C=C(C)CN=c1scc(-c2ccccc2Br)n1N=C(C)c1ccccn1. The molecular weight excluding hydrogens is 408 g/mol. The zero-order valence-electron chi connectivity index (χ0n) is 14.7. The zero-order chi connectivity index (χ0) is 18.5. The van der Waals surface area contributed by atoms with E-state index in [2.05, 4.69) is 43.9 Å². The maximum absolute atomic E-state index is 4.82. The van der Waals surface area contributed by atoms with Gasteiger partial charge < -0.3 is 0 Å². The van der Waals surface area contributed by atoms with E-state index in [1.807, 2.05) is 54.9 Å². The molecule has 3 rings (SSSR count).